The van der Waals surface area contributed by atoms with Crippen LogP contribution in [0.1, 0.15) is 25.8 Å². The van der Waals surface area contributed by atoms with Gasteiger partial charge in [-0.1, -0.05) is 35.5 Å². The number of carbonyl (C=O) groups is 1. The van der Waals surface area contributed by atoms with Gasteiger partial charge in [-0.15, -0.1) is 0 Å². The molecule has 7 nitrogen and oxygen atoms in total. The lowest BCUT2D eigenvalue weighted by atomic mass is 10.1. The minimum absolute atomic E-state index is 0.0194. The van der Waals surface area contributed by atoms with E-state index in [1.54, 1.807) is 0 Å². The number of amides is 1. The molecule has 1 saturated heterocycles. The molecule has 3 heterocycles. The third kappa shape index (κ3) is 4.69. The van der Waals surface area contributed by atoms with Gasteiger partial charge < -0.3 is 19.4 Å². The number of anilines is 2. The molecule has 7 heteroatoms. The molecule has 33 heavy (non-hydrogen) atoms. The first-order valence-corrected chi connectivity index (χ1v) is 11.9. The molecule has 1 atom stereocenters. The molecule has 0 N–H and O–H groups in total. The van der Waals surface area contributed by atoms with E-state index in [0.29, 0.717) is 18.7 Å². The molecule has 0 bridgehead atoms. The summed E-state index contributed by atoms with van der Waals surface area (Å²) in [4.78, 5) is 25.4. The molecular weight excluding hydrogens is 416 g/mol. The van der Waals surface area contributed by atoms with Gasteiger partial charge in [0.15, 0.2) is 0 Å². The average molecular weight is 449 g/mol. The molecule has 3 aliphatic rings. The van der Waals surface area contributed by atoms with E-state index in [2.05, 4.69) is 47.0 Å². The van der Waals surface area contributed by atoms with Crippen molar-refractivity contribution in [2.45, 2.75) is 38.9 Å². The fraction of sp³-hybridized carbons (Fsp3) is 0.462. The highest BCUT2D eigenvalue weighted by atomic mass is 16.6. The van der Waals surface area contributed by atoms with Crippen LogP contribution in [0.4, 0.5) is 11.4 Å². The highest BCUT2D eigenvalue weighted by Gasteiger charge is 2.34. The Labute approximate surface area is 195 Å². The predicted molar refractivity (Wildman–Crippen MR) is 130 cm³/mol. The van der Waals surface area contributed by atoms with Crippen LogP contribution in [0.2, 0.25) is 0 Å². The van der Waals surface area contributed by atoms with Crippen molar-refractivity contribution in [1.82, 2.24) is 4.90 Å². The molecule has 2 aromatic rings. The molecule has 0 radical (unpaired) electrons. The largest absolute Gasteiger partial charge is 0.489 e. The summed E-state index contributed by atoms with van der Waals surface area (Å²) in [6, 6.07) is 16.4. The second kappa shape index (κ2) is 9.43. The Hall–Kier alpha value is -3.06. The Balaban J connectivity index is 1.13. The lowest BCUT2D eigenvalue weighted by molar-refractivity contribution is -0.112. The molecular formula is C26H32N4O3. The Bertz CT molecular complexity index is 1030. The molecule has 0 aliphatic carbocycles. The molecule has 1 amide bonds. The topological polar surface area (TPSA) is 57.6 Å². The predicted octanol–water partition coefficient (Wildman–Crippen LogP) is 3.33. The SMILES string of the molecule is CC(C)Oc1ccccc1N1CCN(C[C@@H]2CC(C(=O)N3CCc4ccccc43)=NO2)CC1. The van der Waals surface area contributed by atoms with Crippen LogP contribution in [0.15, 0.2) is 53.7 Å². The summed E-state index contributed by atoms with van der Waals surface area (Å²) in [6.07, 6.45) is 1.56. The van der Waals surface area contributed by atoms with Crippen LogP contribution < -0.4 is 14.5 Å². The second-order valence-electron chi connectivity index (χ2n) is 9.23. The van der Waals surface area contributed by atoms with Crippen molar-refractivity contribution in [3.8, 4) is 5.75 Å². The third-order valence-corrected chi connectivity index (χ3v) is 6.51. The standard InChI is InChI=1S/C26H32N4O3/c1-19(2)32-25-10-6-5-9-24(25)29-15-13-28(14-16-29)18-21-17-22(27-33-21)26(31)30-12-11-20-7-3-4-8-23(20)30/h3-10,19,21H,11-18H2,1-2H3/t21-/m0/s1. The monoisotopic (exact) mass is 448 g/mol. The molecule has 1 fully saturated rings. The number of benzene rings is 2. The fourth-order valence-electron chi connectivity index (χ4n) is 4.89. The summed E-state index contributed by atoms with van der Waals surface area (Å²) in [5.41, 5.74) is 3.92. The molecule has 0 unspecified atom stereocenters. The van der Waals surface area contributed by atoms with Gasteiger partial charge in [0, 0.05) is 51.4 Å². The number of oxime groups is 1. The first kappa shape index (κ1) is 21.8. The molecule has 0 saturated carbocycles. The molecule has 0 spiro atoms. The lowest BCUT2D eigenvalue weighted by Crippen LogP contribution is -2.48. The molecule has 3 aliphatic heterocycles. The maximum atomic E-state index is 13.0. The van der Waals surface area contributed by atoms with Gasteiger partial charge in [0.25, 0.3) is 5.91 Å². The minimum atomic E-state index is -0.0649. The Morgan fingerprint density at radius 2 is 1.76 bits per heavy atom. The van der Waals surface area contributed by atoms with Crippen LogP contribution in [0.3, 0.4) is 0 Å². The van der Waals surface area contributed by atoms with Gasteiger partial charge >= 0.3 is 0 Å². The first-order chi connectivity index (χ1) is 16.1. The van der Waals surface area contributed by atoms with Gasteiger partial charge in [-0.3, -0.25) is 9.69 Å². The van der Waals surface area contributed by atoms with Crippen molar-refractivity contribution in [3.05, 3.63) is 54.1 Å². The van der Waals surface area contributed by atoms with E-state index in [1.807, 2.05) is 35.2 Å². The van der Waals surface area contributed by atoms with Gasteiger partial charge in [0.1, 0.15) is 17.6 Å². The summed E-state index contributed by atoms with van der Waals surface area (Å²) < 4.78 is 6.01. The van der Waals surface area contributed by atoms with Crippen LogP contribution in [-0.2, 0) is 16.1 Å². The quantitative estimate of drug-likeness (QED) is 0.679. The van der Waals surface area contributed by atoms with Gasteiger partial charge in [0.05, 0.1) is 11.8 Å². The van der Waals surface area contributed by atoms with Crippen molar-refractivity contribution in [2.75, 3.05) is 49.1 Å². The number of fused-ring (bicyclic) bond motifs is 1. The lowest BCUT2D eigenvalue weighted by Gasteiger charge is -2.37. The zero-order valence-electron chi connectivity index (χ0n) is 19.4. The number of piperazine rings is 1. The van der Waals surface area contributed by atoms with Gasteiger partial charge in [0.2, 0.25) is 0 Å². The number of ether oxygens (including phenoxy) is 1. The number of hydrogen-bond acceptors (Lipinski definition) is 6. The molecule has 0 aromatic heterocycles. The Kier molecular flexibility index (Phi) is 6.22. The van der Waals surface area contributed by atoms with E-state index in [4.69, 9.17) is 9.57 Å². The Morgan fingerprint density at radius 1 is 1.03 bits per heavy atom. The second-order valence-corrected chi connectivity index (χ2v) is 9.23. The van der Waals surface area contributed by atoms with Crippen molar-refractivity contribution in [1.29, 1.82) is 0 Å². The van der Waals surface area contributed by atoms with Gasteiger partial charge in [-0.05, 0) is 44.0 Å². The highest BCUT2D eigenvalue weighted by Crippen LogP contribution is 2.31. The highest BCUT2D eigenvalue weighted by molar-refractivity contribution is 6.44. The van der Waals surface area contributed by atoms with E-state index in [1.165, 1.54) is 5.56 Å². The summed E-state index contributed by atoms with van der Waals surface area (Å²) >= 11 is 0. The number of rotatable bonds is 6. The third-order valence-electron chi connectivity index (χ3n) is 6.51. The number of carbonyl (C=O) groups excluding carboxylic acids is 1. The van der Waals surface area contributed by atoms with Crippen LogP contribution in [0.5, 0.6) is 5.75 Å². The zero-order chi connectivity index (χ0) is 22.8. The van der Waals surface area contributed by atoms with Crippen molar-refractivity contribution in [2.24, 2.45) is 5.16 Å². The van der Waals surface area contributed by atoms with Crippen LogP contribution in [-0.4, -0.2) is 68.0 Å². The van der Waals surface area contributed by atoms with E-state index in [9.17, 15) is 4.79 Å². The Morgan fingerprint density at radius 3 is 2.55 bits per heavy atom. The average Bonchev–Trinajstić information content (AvgIpc) is 3.47. The van der Waals surface area contributed by atoms with Crippen molar-refractivity contribution < 1.29 is 14.4 Å². The summed E-state index contributed by atoms with van der Waals surface area (Å²) in [5, 5.41) is 4.17. The maximum Gasteiger partial charge on any atom is 0.276 e. The summed E-state index contributed by atoms with van der Waals surface area (Å²) in [7, 11) is 0. The van der Waals surface area contributed by atoms with Crippen LogP contribution in [0.25, 0.3) is 0 Å². The van der Waals surface area contributed by atoms with E-state index < -0.39 is 0 Å². The number of para-hydroxylation sites is 3. The van der Waals surface area contributed by atoms with E-state index >= 15 is 0 Å². The van der Waals surface area contributed by atoms with E-state index in [0.717, 1.165) is 56.3 Å². The summed E-state index contributed by atoms with van der Waals surface area (Å²) in [5.74, 6) is 0.925. The zero-order valence-corrected chi connectivity index (χ0v) is 19.4. The van der Waals surface area contributed by atoms with E-state index in [-0.39, 0.29) is 18.1 Å². The first-order valence-electron chi connectivity index (χ1n) is 11.9. The van der Waals surface area contributed by atoms with Crippen LogP contribution >= 0.6 is 0 Å². The molecule has 5 rings (SSSR count). The molecule has 174 valence electrons. The minimum Gasteiger partial charge on any atom is -0.489 e. The van der Waals surface area contributed by atoms with Crippen molar-refractivity contribution >= 4 is 23.0 Å². The normalized spacial score (nSPS) is 20.6. The smallest absolute Gasteiger partial charge is 0.276 e. The van der Waals surface area contributed by atoms with Crippen molar-refractivity contribution in [3.63, 3.8) is 0 Å². The fourth-order valence-corrected chi connectivity index (χ4v) is 4.89. The van der Waals surface area contributed by atoms with Gasteiger partial charge in [-0.2, -0.15) is 0 Å². The summed E-state index contributed by atoms with van der Waals surface area (Å²) in [6.45, 7) is 9.36. The van der Waals surface area contributed by atoms with Gasteiger partial charge in [-0.25, -0.2) is 0 Å². The molecule has 2 aromatic carbocycles. The number of nitrogens with zero attached hydrogens (tertiary/aromatic N) is 4. The number of hydrogen-bond donors (Lipinski definition) is 0. The maximum absolute atomic E-state index is 13.0. The van der Waals surface area contributed by atoms with Crippen LogP contribution in [0, 0.1) is 0 Å².